The first-order valence-electron chi connectivity index (χ1n) is 8.33. The molecule has 7 heteroatoms. The highest BCUT2D eigenvalue weighted by Gasteiger charge is 2.27. The minimum atomic E-state index is -0.633. The summed E-state index contributed by atoms with van der Waals surface area (Å²) in [5.74, 6) is -0.189. The number of nitrogens with zero attached hydrogens (tertiary/aromatic N) is 1. The van der Waals surface area contributed by atoms with Gasteiger partial charge < -0.3 is 15.0 Å². The molecule has 1 aromatic carbocycles. The highest BCUT2D eigenvalue weighted by atomic mass is 79.9. The molecule has 0 saturated heterocycles. The fourth-order valence-electron chi connectivity index (χ4n) is 2.39. The Labute approximate surface area is 166 Å². The van der Waals surface area contributed by atoms with Crippen LogP contribution in [0.1, 0.15) is 24.3 Å². The van der Waals surface area contributed by atoms with E-state index in [1.165, 1.54) is 0 Å². The van der Waals surface area contributed by atoms with Crippen molar-refractivity contribution in [2.75, 3.05) is 7.05 Å². The Morgan fingerprint density at radius 1 is 1.19 bits per heavy atom. The summed E-state index contributed by atoms with van der Waals surface area (Å²) in [6.07, 6.45) is -0.590. The second kappa shape index (κ2) is 9.73. The van der Waals surface area contributed by atoms with E-state index in [1.54, 1.807) is 23.3 Å². The molecular formula is C19H23BrN2O3S. The molecule has 0 fully saturated rings. The van der Waals surface area contributed by atoms with E-state index in [-0.39, 0.29) is 18.4 Å². The summed E-state index contributed by atoms with van der Waals surface area (Å²) in [4.78, 5) is 27.6. The molecule has 1 heterocycles. The van der Waals surface area contributed by atoms with Crippen LogP contribution in [0.4, 0.5) is 4.79 Å². The third kappa shape index (κ3) is 6.14. The SMILES string of the molecule is CC(C)[C@H](NC(=O)OCc1ccccc1)C(=O)N(C)Cc1ccc(Br)s1. The predicted octanol–water partition coefficient (Wildman–Crippen LogP) is 4.42. The molecule has 1 atom stereocenters. The summed E-state index contributed by atoms with van der Waals surface area (Å²) in [6.45, 7) is 4.47. The van der Waals surface area contributed by atoms with Crippen LogP contribution < -0.4 is 5.32 Å². The Balaban J connectivity index is 1.91. The smallest absolute Gasteiger partial charge is 0.408 e. The number of benzene rings is 1. The maximum absolute atomic E-state index is 12.8. The van der Waals surface area contributed by atoms with Gasteiger partial charge in [0.2, 0.25) is 5.91 Å². The summed E-state index contributed by atoms with van der Waals surface area (Å²) in [7, 11) is 1.74. The predicted molar refractivity (Wildman–Crippen MR) is 107 cm³/mol. The van der Waals surface area contributed by atoms with E-state index in [2.05, 4.69) is 21.2 Å². The van der Waals surface area contributed by atoms with Crippen LogP contribution in [-0.4, -0.2) is 30.0 Å². The van der Waals surface area contributed by atoms with Gasteiger partial charge in [-0.2, -0.15) is 0 Å². The number of ether oxygens (including phenoxy) is 1. The van der Waals surface area contributed by atoms with Crippen molar-refractivity contribution >= 4 is 39.3 Å². The van der Waals surface area contributed by atoms with Gasteiger partial charge in [-0.25, -0.2) is 4.79 Å². The molecule has 0 spiro atoms. The van der Waals surface area contributed by atoms with E-state index in [1.807, 2.05) is 56.3 Å². The number of nitrogens with one attached hydrogen (secondary N) is 1. The zero-order valence-corrected chi connectivity index (χ0v) is 17.5. The lowest BCUT2D eigenvalue weighted by atomic mass is 10.0. The van der Waals surface area contributed by atoms with E-state index in [0.29, 0.717) is 6.54 Å². The number of hydrogen-bond acceptors (Lipinski definition) is 4. The first-order valence-corrected chi connectivity index (χ1v) is 9.94. The number of carbonyl (C=O) groups is 2. The van der Waals surface area contributed by atoms with Crippen molar-refractivity contribution in [1.82, 2.24) is 10.2 Å². The van der Waals surface area contributed by atoms with Crippen molar-refractivity contribution in [3.05, 3.63) is 56.7 Å². The average Bonchev–Trinajstić information content (AvgIpc) is 3.02. The quantitative estimate of drug-likeness (QED) is 0.695. The number of hydrogen-bond donors (Lipinski definition) is 1. The van der Waals surface area contributed by atoms with Gasteiger partial charge in [0.1, 0.15) is 12.6 Å². The zero-order valence-electron chi connectivity index (χ0n) is 15.1. The van der Waals surface area contributed by atoms with E-state index < -0.39 is 12.1 Å². The lowest BCUT2D eigenvalue weighted by molar-refractivity contribution is -0.133. The van der Waals surface area contributed by atoms with Crippen molar-refractivity contribution < 1.29 is 14.3 Å². The number of amides is 2. The Hall–Kier alpha value is -1.86. The van der Waals surface area contributed by atoms with Crippen molar-refractivity contribution in [2.24, 2.45) is 5.92 Å². The Bertz CT molecular complexity index is 733. The van der Waals surface area contributed by atoms with E-state index >= 15 is 0 Å². The molecule has 5 nitrogen and oxygen atoms in total. The number of likely N-dealkylation sites (N-methyl/N-ethyl adjacent to an activating group) is 1. The van der Waals surface area contributed by atoms with Gasteiger partial charge in [0.25, 0.3) is 0 Å². The van der Waals surface area contributed by atoms with Gasteiger partial charge in [-0.15, -0.1) is 11.3 Å². The van der Waals surface area contributed by atoms with E-state index in [0.717, 1.165) is 14.2 Å². The van der Waals surface area contributed by atoms with Crippen LogP contribution in [0.3, 0.4) is 0 Å². The fraction of sp³-hybridized carbons (Fsp3) is 0.368. The van der Waals surface area contributed by atoms with Gasteiger partial charge in [0, 0.05) is 11.9 Å². The first-order chi connectivity index (χ1) is 12.4. The maximum Gasteiger partial charge on any atom is 0.408 e. The second-order valence-electron chi connectivity index (χ2n) is 6.33. The summed E-state index contributed by atoms with van der Waals surface area (Å²) in [6, 6.07) is 12.7. The molecule has 1 N–H and O–H groups in total. The molecule has 0 aliphatic carbocycles. The van der Waals surface area contributed by atoms with Crippen LogP contribution in [0.5, 0.6) is 0 Å². The lowest BCUT2D eigenvalue weighted by Gasteiger charge is -2.26. The minimum absolute atomic E-state index is 0.0516. The van der Waals surface area contributed by atoms with Crippen LogP contribution in [0.2, 0.25) is 0 Å². The van der Waals surface area contributed by atoms with Crippen LogP contribution >= 0.6 is 27.3 Å². The van der Waals surface area contributed by atoms with Gasteiger partial charge in [-0.1, -0.05) is 44.2 Å². The van der Waals surface area contributed by atoms with Gasteiger partial charge in [0.15, 0.2) is 0 Å². The number of rotatable bonds is 7. The summed E-state index contributed by atoms with van der Waals surface area (Å²) >= 11 is 5.01. The van der Waals surface area contributed by atoms with Crippen LogP contribution in [0.15, 0.2) is 46.3 Å². The molecule has 0 aliphatic rings. The Morgan fingerprint density at radius 2 is 1.88 bits per heavy atom. The molecule has 2 aromatic rings. The van der Waals surface area contributed by atoms with Crippen molar-refractivity contribution in [3.8, 4) is 0 Å². The summed E-state index contributed by atoms with van der Waals surface area (Å²) in [5.41, 5.74) is 0.899. The number of halogens is 1. The van der Waals surface area contributed by atoms with Gasteiger partial charge >= 0.3 is 6.09 Å². The topological polar surface area (TPSA) is 58.6 Å². The standard InChI is InChI=1S/C19H23BrN2O3S/c1-13(2)17(18(23)22(3)11-15-9-10-16(20)26-15)21-19(24)25-12-14-7-5-4-6-8-14/h4-10,13,17H,11-12H2,1-3H3,(H,21,24)/t17-/m0/s1. The molecule has 0 unspecified atom stereocenters. The highest BCUT2D eigenvalue weighted by molar-refractivity contribution is 9.11. The number of alkyl carbamates (subject to hydrolysis) is 1. The van der Waals surface area contributed by atoms with Crippen molar-refractivity contribution in [1.29, 1.82) is 0 Å². The zero-order chi connectivity index (χ0) is 19.1. The van der Waals surface area contributed by atoms with Crippen LogP contribution in [0.25, 0.3) is 0 Å². The van der Waals surface area contributed by atoms with E-state index in [4.69, 9.17) is 4.74 Å². The summed E-state index contributed by atoms with van der Waals surface area (Å²) < 4.78 is 6.26. The lowest BCUT2D eigenvalue weighted by Crippen LogP contribution is -2.50. The molecule has 2 rings (SSSR count). The molecule has 2 amide bonds. The van der Waals surface area contributed by atoms with Gasteiger partial charge in [0.05, 0.1) is 10.3 Å². The highest BCUT2D eigenvalue weighted by Crippen LogP contribution is 2.23. The van der Waals surface area contributed by atoms with Crippen LogP contribution in [-0.2, 0) is 22.7 Å². The molecule has 0 radical (unpaired) electrons. The number of carbonyl (C=O) groups excluding carboxylic acids is 2. The Morgan fingerprint density at radius 3 is 2.46 bits per heavy atom. The van der Waals surface area contributed by atoms with Gasteiger partial charge in [-0.3, -0.25) is 4.79 Å². The normalized spacial score (nSPS) is 11.9. The van der Waals surface area contributed by atoms with Crippen LogP contribution in [0, 0.1) is 5.92 Å². The van der Waals surface area contributed by atoms with E-state index in [9.17, 15) is 9.59 Å². The van der Waals surface area contributed by atoms with Gasteiger partial charge in [-0.05, 0) is 39.5 Å². The third-order valence-corrected chi connectivity index (χ3v) is 5.43. The molecule has 0 bridgehead atoms. The largest absolute Gasteiger partial charge is 0.445 e. The van der Waals surface area contributed by atoms with Crippen molar-refractivity contribution in [3.63, 3.8) is 0 Å². The maximum atomic E-state index is 12.8. The molecule has 140 valence electrons. The number of thiophene rings is 1. The molecule has 0 aliphatic heterocycles. The molecule has 0 saturated carbocycles. The third-order valence-electron chi connectivity index (χ3n) is 3.82. The summed E-state index contributed by atoms with van der Waals surface area (Å²) in [5, 5.41) is 2.70. The van der Waals surface area contributed by atoms with Crippen molar-refractivity contribution in [2.45, 2.75) is 33.0 Å². The molecular weight excluding hydrogens is 416 g/mol. The monoisotopic (exact) mass is 438 g/mol. The minimum Gasteiger partial charge on any atom is -0.445 e. The molecule has 1 aromatic heterocycles. The second-order valence-corrected chi connectivity index (χ2v) is 8.88. The Kier molecular flexibility index (Phi) is 7.66. The molecule has 26 heavy (non-hydrogen) atoms. The fourth-order valence-corrected chi connectivity index (χ4v) is 3.93. The average molecular weight is 439 g/mol. The first kappa shape index (κ1) is 20.5.